The molecule has 216 valence electrons. The third-order valence-electron chi connectivity index (χ3n) is 6.62. The molecule has 9 nitrogen and oxygen atoms in total. The molecule has 3 heterocycles. The number of rotatable bonds is 9. The van der Waals surface area contributed by atoms with E-state index >= 15 is 0 Å². The van der Waals surface area contributed by atoms with Gasteiger partial charge >= 0.3 is 12.2 Å². The van der Waals surface area contributed by atoms with Gasteiger partial charge in [-0.3, -0.25) is 4.40 Å². The Kier molecular flexibility index (Phi) is 10.3. The van der Waals surface area contributed by atoms with Crippen molar-refractivity contribution in [3.63, 3.8) is 0 Å². The standard InChI is InChI=1S/C18H13F3N6O2.C10H22O/c19-18(20,21)9-23-17(28)26-13-3-1-2-11(6-13)14-8-22-15-7-12(4-5-27(14)15)16-24-10-25-29-16;1-5-9(3)7-8-10(4,11)6-2/h1-8,10H,9H2,(H2,23,26,28);9,11H,5-8H2,1-4H3. The molecule has 12 heteroatoms. The number of nitrogens with zero attached hydrogens (tertiary/aromatic N) is 4. The Hall–Kier alpha value is -3.93. The molecule has 4 aromatic rings. The summed E-state index contributed by atoms with van der Waals surface area (Å²) < 4.78 is 43.5. The van der Waals surface area contributed by atoms with Gasteiger partial charge in [-0.2, -0.15) is 18.2 Å². The lowest BCUT2D eigenvalue weighted by Gasteiger charge is -2.22. The summed E-state index contributed by atoms with van der Waals surface area (Å²) >= 11 is 0. The largest absolute Gasteiger partial charge is 0.405 e. The molecule has 4 rings (SSSR count). The van der Waals surface area contributed by atoms with Crippen molar-refractivity contribution >= 4 is 17.4 Å². The molecule has 0 bridgehead atoms. The fourth-order valence-corrected chi connectivity index (χ4v) is 3.68. The molecule has 0 aliphatic rings. The summed E-state index contributed by atoms with van der Waals surface area (Å²) in [5.41, 5.74) is 2.72. The van der Waals surface area contributed by atoms with Crippen LogP contribution < -0.4 is 10.6 Å². The number of halogens is 3. The van der Waals surface area contributed by atoms with E-state index < -0.39 is 24.4 Å². The van der Waals surface area contributed by atoms with Crippen LogP contribution in [-0.2, 0) is 0 Å². The highest BCUT2D eigenvalue weighted by Gasteiger charge is 2.27. The number of aromatic nitrogens is 4. The van der Waals surface area contributed by atoms with Gasteiger partial charge in [0.2, 0.25) is 0 Å². The molecular weight excluding hydrogens is 525 g/mol. The van der Waals surface area contributed by atoms with Gasteiger partial charge in [-0.25, -0.2) is 9.78 Å². The first-order chi connectivity index (χ1) is 18.9. The minimum atomic E-state index is -4.48. The Morgan fingerprint density at radius 2 is 1.93 bits per heavy atom. The zero-order valence-electron chi connectivity index (χ0n) is 23.0. The smallest absolute Gasteiger partial charge is 0.390 e. The van der Waals surface area contributed by atoms with E-state index in [1.165, 1.54) is 12.7 Å². The summed E-state index contributed by atoms with van der Waals surface area (Å²) in [5.74, 6) is 1.13. The number of fused-ring (bicyclic) bond motifs is 1. The molecule has 3 aromatic heterocycles. The molecule has 2 atom stereocenters. The van der Waals surface area contributed by atoms with Crippen LogP contribution >= 0.6 is 0 Å². The van der Waals surface area contributed by atoms with Crippen LogP contribution in [-0.4, -0.2) is 49.0 Å². The van der Waals surface area contributed by atoms with Gasteiger partial charge in [-0.1, -0.05) is 44.5 Å². The zero-order chi connectivity index (χ0) is 29.3. The number of hydrogen-bond acceptors (Lipinski definition) is 6. The van der Waals surface area contributed by atoms with Gasteiger partial charge in [0.15, 0.2) is 6.33 Å². The average Bonchev–Trinajstić information content (AvgIpc) is 3.61. The van der Waals surface area contributed by atoms with Crippen molar-refractivity contribution in [1.82, 2.24) is 24.8 Å². The van der Waals surface area contributed by atoms with Crippen molar-refractivity contribution in [3.05, 3.63) is 55.1 Å². The molecule has 3 N–H and O–H groups in total. The highest BCUT2D eigenvalue weighted by Crippen LogP contribution is 2.26. The number of carbonyl (C=O) groups is 1. The molecule has 40 heavy (non-hydrogen) atoms. The Balaban J connectivity index is 0.000000342. The minimum Gasteiger partial charge on any atom is -0.390 e. The van der Waals surface area contributed by atoms with Crippen LogP contribution in [0, 0.1) is 5.92 Å². The minimum absolute atomic E-state index is 0.347. The summed E-state index contributed by atoms with van der Waals surface area (Å²) in [6.45, 7) is 7.00. The lowest BCUT2D eigenvalue weighted by atomic mass is 9.91. The number of pyridine rings is 1. The predicted octanol–water partition coefficient (Wildman–Crippen LogP) is 6.71. The van der Waals surface area contributed by atoms with Crippen LogP contribution in [0.3, 0.4) is 0 Å². The van der Waals surface area contributed by atoms with E-state index in [-0.39, 0.29) is 0 Å². The number of alkyl halides is 3. The summed E-state index contributed by atoms with van der Waals surface area (Å²) in [5, 5.41) is 17.4. The quantitative estimate of drug-likeness (QED) is 0.209. The molecule has 0 saturated carbocycles. The predicted molar refractivity (Wildman–Crippen MR) is 147 cm³/mol. The second-order valence-corrected chi connectivity index (χ2v) is 9.94. The SMILES string of the molecule is CCC(C)CCC(C)(O)CC.O=C(NCC(F)(F)F)Nc1cccc(-c2cnc3cc(-c4ncno4)ccn23)c1. The lowest BCUT2D eigenvalue weighted by molar-refractivity contribution is -0.122. The van der Waals surface area contributed by atoms with Gasteiger partial charge < -0.3 is 20.3 Å². The first kappa shape index (κ1) is 30.6. The highest BCUT2D eigenvalue weighted by molar-refractivity contribution is 5.90. The zero-order valence-corrected chi connectivity index (χ0v) is 23.0. The Morgan fingerprint density at radius 1 is 1.15 bits per heavy atom. The van der Waals surface area contributed by atoms with Gasteiger partial charge in [0.1, 0.15) is 12.2 Å². The van der Waals surface area contributed by atoms with E-state index in [1.54, 1.807) is 54.1 Å². The number of aliphatic hydroxyl groups is 1. The molecular formula is C28H35F3N6O3. The summed E-state index contributed by atoms with van der Waals surface area (Å²) in [7, 11) is 0. The molecule has 0 fully saturated rings. The molecule has 0 saturated heterocycles. The second-order valence-electron chi connectivity index (χ2n) is 9.94. The van der Waals surface area contributed by atoms with Crippen LogP contribution in [0.2, 0.25) is 0 Å². The van der Waals surface area contributed by atoms with Crippen LogP contribution in [0.4, 0.5) is 23.7 Å². The van der Waals surface area contributed by atoms with E-state index in [4.69, 9.17) is 4.52 Å². The fourth-order valence-electron chi connectivity index (χ4n) is 3.68. The molecule has 0 aliphatic heterocycles. The van der Waals surface area contributed by atoms with Crippen LogP contribution in [0.15, 0.2) is 59.6 Å². The van der Waals surface area contributed by atoms with Crippen molar-refractivity contribution in [2.45, 2.75) is 65.2 Å². The Morgan fingerprint density at radius 3 is 2.58 bits per heavy atom. The van der Waals surface area contributed by atoms with Gasteiger partial charge in [-0.15, -0.1) is 0 Å². The maximum atomic E-state index is 12.2. The van der Waals surface area contributed by atoms with E-state index in [9.17, 15) is 23.1 Å². The van der Waals surface area contributed by atoms with Crippen molar-refractivity contribution in [1.29, 1.82) is 0 Å². The van der Waals surface area contributed by atoms with Crippen molar-refractivity contribution in [2.75, 3.05) is 11.9 Å². The van der Waals surface area contributed by atoms with Crippen molar-refractivity contribution in [3.8, 4) is 22.7 Å². The molecule has 1 aromatic carbocycles. The van der Waals surface area contributed by atoms with Crippen LogP contribution in [0.5, 0.6) is 0 Å². The first-order valence-electron chi connectivity index (χ1n) is 13.1. The molecule has 2 unspecified atom stereocenters. The van der Waals surface area contributed by atoms with Crippen molar-refractivity contribution in [2.24, 2.45) is 5.92 Å². The number of benzene rings is 1. The highest BCUT2D eigenvalue weighted by atomic mass is 19.4. The Bertz CT molecular complexity index is 1370. The van der Waals surface area contributed by atoms with E-state index in [0.717, 1.165) is 36.4 Å². The number of anilines is 1. The number of imidazole rings is 1. The third kappa shape index (κ3) is 9.08. The normalized spacial score (nSPS) is 13.7. The number of nitrogens with one attached hydrogen (secondary N) is 2. The average molecular weight is 561 g/mol. The third-order valence-corrected chi connectivity index (χ3v) is 6.62. The van der Waals surface area contributed by atoms with Crippen molar-refractivity contribution < 1.29 is 27.6 Å². The summed E-state index contributed by atoms with van der Waals surface area (Å²) in [4.78, 5) is 20.0. The molecule has 0 aliphatic carbocycles. The maximum absolute atomic E-state index is 12.2. The number of hydrogen-bond donors (Lipinski definition) is 3. The number of urea groups is 1. The van der Waals surface area contributed by atoms with Gasteiger partial charge in [0.05, 0.1) is 17.5 Å². The molecule has 2 amide bonds. The molecule has 0 spiro atoms. The van der Waals surface area contributed by atoms with Gasteiger partial charge in [0, 0.05) is 23.0 Å². The van der Waals surface area contributed by atoms with E-state index in [2.05, 4.69) is 34.3 Å². The number of carbonyl (C=O) groups excluding carboxylic acids is 1. The van der Waals surface area contributed by atoms with Crippen LogP contribution in [0.25, 0.3) is 28.4 Å². The second kappa shape index (κ2) is 13.4. The number of amides is 2. The topological polar surface area (TPSA) is 118 Å². The van der Waals surface area contributed by atoms with Gasteiger partial charge in [-0.05, 0) is 56.4 Å². The van der Waals surface area contributed by atoms with E-state index in [0.29, 0.717) is 22.8 Å². The lowest BCUT2D eigenvalue weighted by Crippen LogP contribution is -2.36. The fraction of sp³-hybridized carbons (Fsp3) is 0.429. The van der Waals surface area contributed by atoms with E-state index in [1.807, 2.05) is 18.2 Å². The first-order valence-corrected chi connectivity index (χ1v) is 13.1. The maximum Gasteiger partial charge on any atom is 0.405 e. The van der Waals surface area contributed by atoms with Crippen LogP contribution in [0.1, 0.15) is 53.4 Å². The Labute approximate surface area is 230 Å². The monoisotopic (exact) mass is 560 g/mol. The van der Waals surface area contributed by atoms with Gasteiger partial charge in [0.25, 0.3) is 5.89 Å². The summed E-state index contributed by atoms with van der Waals surface area (Å²) in [6.07, 6.45) is 4.44. The molecule has 0 radical (unpaired) electrons. The summed E-state index contributed by atoms with van der Waals surface area (Å²) in [6, 6.07) is 9.33.